The molecule has 0 saturated heterocycles. The van der Waals surface area contributed by atoms with Gasteiger partial charge in [0.1, 0.15) is 5.69 Å². The molecule has 1 aliphatic carbocycles. The highest BCUT2D eigenvalue weighted by Gasteiger charge is 2.34. The molecule has 1 aliphatic rings. The van der Waals surface area contributed by atoms with Gasteiger partial charge < -0.3 is 10.6 Å². The molecule has 0 spiro atoms. The first-order valence-electron chi connectivity index (χ1n) is 8.99. The molecule has 2 N–H and O–H groups in total. The number of aromatic nitrogens is 1. The van der Waals surface area contributed by atoms with E-state index in [0.717, 1.165) is 25.3 Å². The quantitative estimate of drug-likeness (QED) is 0.747. The summed E-state index contributed by atoms with van der Waals surface area (Å²) in [6, 6.07) is 5.80. The number of nitrogens with one attached hydrogen (secondary N) is 2. The summed E-state index contributed by atoms with van der Waals surface area (Å²) in [6.45, 7) is 1.79. The minimum Gasteiger partial charge on any atom is -0.382 e. The zero-order chi connectivity index (χ0) is 19.6. The standard InChI is InChI=1S/C19H21ClF3N3O/c1-2-18(27)25-13-5-3-4-12(9-13)24-16-10-17(19(21,22)23)26-15-8-11(20)6-7-14(15)16/h6-8,10,12-13H,2-5,9H2,1H3,(H,24,26)(H,25,27)/t12-,13+/m0/s1. The van der Waals surface area contributed by atoms with E-state index >= 15 is 0 Å². The van der Waals surface area contributed by atoms with Gasteiger partial charge in [-0.3, -0.25) is 4.79 Å². The lowest BCUT2D eigenvalue weighted by Crippen LogP contribution is -2.41. The molecule has 3 rings (SSSR count). The van der Waals surface area contributed by atoms with Gasteiger partial charge in [-0.05, 0) is 49.9 Å². The van der Waals surface area contributed by atoms with E-state index in [9.17, 15) is 18.0 Å². The predicted molar refractivity (Wildman–Crippen MR) is 99.9 cm³/mol. The van der Waals surface area contributed by atoms with Gasteiger partial charge in [0, 0.05) is 34.6 Å². The van der Waals surface area contributed by atoms with Crippen LogP contribution in [0, 0.1) is 0 Å². The van der Waals surface area contributed by atoms with Crippen LogP contribution in [0.5, 0.6) is 0 Å². The van der Waals surface area contributed by atoms with Gasteiger partial charge in [0.2, 0.25) is 5.91 Å². The summed E-state index contributed by atoms with van der Waals surface area (Å²) in [5, 5.41) is 7.14. The van der Waals surface area contributed by atoms with Gasteiger partial charge >= 0.3 is 6.18 Å². The second-order valence-corrected chi connectivity index (χ2v) is 7.28. The molecule has 1 fully saturated rings. The van der Waals surface area contributed by atoms with E-state index in [1.54, 1.807) is 19.1 Å². The van der Waals surface area contributed by atoms with Crippen LogP contribution in [-0.2, 0) is 11.0 Å². The maximum Gasteiger partial charge on any atom is 0.433 e. The van der Waals surface area contributed by atoms with Crippen LogP contribution in [-0.4, -0.2) is 23.0 Å². The minimum atomic E-state index is -4.54. The molecule has 1 saturated carbocycles. The van der Waals surface area contributed by atoms with Gasteiger partial charge in [-0.2, -0.15) is 13.2 Å². The molecule has 1 aromatic heterocycles. The van der Waals surface area contributed by atoms with Gasteiger partial charge in [0.15, 0.2) is 0 Å². The van der Waals surface area contributed by atoms with Gasteiger partial charge in [0.25, 0.3) is 0 Å². The largest absolute Gasteiger partial charge is 0.433 e. The number of alkyl halides is 3. The smallest absolute Gasteiger partial charge is 0.382 e. The van der Waals surface area contributed by atoms with Crippen LogP contribution in [0.15, 0.2) is 24.3 Å². The van der Waals surface area contributed by atoms with Crippen LogP contribution < -0.4 is 10.6 Å². The van der Waals surface area contributed by atoms with E-state index in [1.807, 2.05) is 0 Å². The fraction of sp³-hybridized carbons (Fsp3) is 0.474. The fourth-order valence-electron chi connectivity index (χ4n) is 3.47. The summed E-state index contributed by atoms with van der Waals surface area (Å²) in [4.78, 5) is 15.3. The van der Waals surface area contributed by atoms with Crippen molar-refractivity contribution in [1.29, 1.82) is 0 Å². The van der Waals surface area contributed by atoms with Crippen molar-refractivity contribution >= 4 is 34.1 Å². The van der Waals surface area contributed by atoms with Crippen molar-refractivity contribution in [2.45, 2.75) is 57.3 Å². The third kappa shape index (κ3) is 4.83. The van der Waals surface area contributed by atoms with Crippen molar-refractivity contribution in [2.75, 3.05) is 5.32 Å². The van der Waals surface area contributed by atoms with E-state index in [0.29, 0.717) is 28.9 Å². The van der Waals surface area contributed by atoms with Crippen molar-refractivity contribution in [3.63, 3.8) is 0 Å². The SMILES string of the molecule is CCC(=O)N[C@@H]1CCC[C@H](Nc2cc(C(F)(F)F)nc3cc(Cl)ccc23)C1. The average molecular weight is 400 g/mol. The first kappa shape index (κ1) is 19.7. The summed E-state index contributed by atoms with van der Waals surface area (Å²) >= 11 is 5.93. The maximum atomic E-state index is 13.2. The molecule has 0 radical (unpaired) electrons. The molecule has 1 heterocycles. The van der Waals surface area contributed by atoms with Crippen LogP contribution in [0.1, 0.15) is 44.7 Å². The van der Waals surface area contributed by atoms with Crippen LogP contribution in [0.3, 0.4) is 0 Å². The number of anilines is 1. The Labute approximate surface area is 160 Å². The lowest BCUT2D eigenvalue weighted by atomic mass is 9.90. The molecule has 8 heteroatoms. The lowest BCUT2D eigenvalue weighted by molar-refractivity contribution is -0.140. The highest BCUT2D eigenvalue weighted by molar-refractivity contribution is 6.31. The van der Waals surface area contributed by atoms with E-state index in [4.69, 9.17) is 11.6 Å². The minimum absolute atomic E-state index is 0.0102. The van der Waals surface area contributed by atoms with Gasteiger partial charge in [0.05, 0.1) is 5.52 Å². The van der Waals surface area contributed by atoms with Crippen molar-refractivity contribution in [2.24, 2.45) is 0 Å². The molecule has 2 aromatic rings. The number of rotatable bonds is 4. The number of hydrogen-bond acceptors (Lipinski definition) is 3. The Morgan fingerprint density at radius 1 is 1.26 bits per heavy atom. The van der Waals surface area contributed by atoms with E-state index in [2.05, 4.69) is 15.6 Å². The van der Waals surface area contributed by atoms with Crippen molar-refractivity contribution in [3.8, 4) is 0 Å². The third-order valence-electron chi connectivity index (χ3n) is 4.78. The number of amides is 1. The molecule has 2 atom stereocenters. The van der Waals surface area contributed by atoms with Crippen LogP contribution in [0.2, 0.25) is 5.02 Å². The zero-order valence-electron chi connectivity index (χ0n) is 14.9. The number of carbonyl (C=O) groups is 1. The number of benzene rings is 1. The molecular weight excluding hydrogens is 379 g/mol. The van der Waals surface area contributed by atoms with Crippen molar-refractivity contribution in [3.05, 3.63) is 35.0 Å². The summed E-state index contributed by atoms with van der Waals surface area (Å²) in [7, 11) is 0. The van der Waals surface area contributed by atoms with E-state index < -0.39 is 11.9 Å². The summed E-state index contributed by atoms with van der Waals surface area (Å²) in [5.41, 5.74) is -0.366. The van der Waals surface area contributed by atoms with Crippen molar-refractivity contribution < 1.29 is 18.0 Å². The summed E-state index contributed by atoms with van der Waals surface area (Å²) in [5.74, 6) is -0.0102. The summed E-state index contributed by atoms with van der Waals surface area (Å²) in [6.07, 6.45) is -0.851. The van der Waals surface area contributed by atoms with Crippen LogP contribution in [0.25, 0.3) is 10.9 Å². The number of carbonyl (C=O) groups excluding carboxylic acids is 1. The monoisotopic (exact) mass is 399 g/mol. The van der Waals surface area contributed by atoms with Gasteiger partial charge in [-0.15, -0.1) is 0 Å². The number of fused-ring (bicyclic) bond motifs is 1. The van der Waals surface area contributed by atoms with Crippen LogP contribution in [0.4, 0.5) is 18.9 Å². The maximum absolute atomic E-state index is 13.2. The molecule has 1 aromatic carbocycles. The second kappa shape index (κ2) is 7.92. The first-order valence-corrected chi connectivity index (χ1v) is 9.37. The number of hydrogen-bond donors (Lipinski definition) is 2. The van der Waals surface area contributed by atoms with Gasteiger partial charge in [-0.25, -0.2) is 4.98 Å². The lowest BCUT2D eigenvalue weighted by Gasteiger charge is -2.31. The average Bonchev–Trinajstić information content (AvgIpc) is 2.60. The van der Waals surface area contributed by atoms with Crippen molar-refractivity contribution in [1.82, 2.24) is 10.3 Å². The normalized spacial score (nSPS) is 20.5. The molecule has 4 nitrogen and oxygen atoms in total. The number of nitrogens with zero attached hydrogens (tertiary/aromatic N) is 1. The van der Waals surface area contributed by atoms with E-state index in [1.165, 1.54) is 6.07 Å². The summed E-state index contributed by atoms with van der Waals surface area (Å²) < 4.78 is 39.7. The Morgan fingerprint density at radius 2 is 2.00 bits per heavy atom. The first-order chi connectivity index (χ1) is 12.8. The highest BCUT2D eigenvalue weighted by Crippen LogP contribution is 2.35. The molecule has 1 amide bonds. The topological polar surface area (TPSA) is 54.0 Å². The molecule has 0 bridgehead atoms. The Morgan fingerprint density at radius 3 is 2.70 bits per heavy atom. The highest BCUT2D eigenvalue weighted by atomic mass is 35.5. The van der Waals surface area contributed by atoms with Gasteiger partial charge in [-0.1, -0.05) is 18.5 Å². The Hall–Kier alpha value is -2.02. The number of pyridine rings is 1. The third-order valence-corrected chi connectivity index (χ3v) is 5.02. The molecule has 0 unspecified atom stereocenters. The fourth-order valence-corrected chi connectivity index (χ4v) is 3.63. The Bertz CT molecular complexity index is 841. The second-order valence-electron chi connectivity index (χ2n) is 6.84. The van der Waals surface area contributed by atoms with Crippen LogP contribution >= 0.6 is 11.6 Å². The molecular formula is C19H21ClF3N3O. The predicted octanol–water partition coefficient (Wildman–Crippen LogP) is 5.16. The molecule has 0 aliphatic heterocycles. The number of halogens is 4. The zero-order valence-corrected chi connectivity index (χ0v) is 15.6. The molecule has 27 heavy (non-hydrogen) atoms. The molecule has 146 valence electrons. The van der Waals surface area contributed by atoms with E-state index in [-0.39, 0.29) is 23.5 Å². The Balaban J connectivity index is 1.88. The Kier molecular flexibility index (Phi) is 5.79.